The van der Waals surface area contributed by atoms with Gasteiger partial charge >= 0.3 is 0 Å². The van der Waals surface area contributed by atoms with Crippen LogP contribution >= 0.6 is 0 Å². The van der Waals surface area contributed by atoms with E-state index in [1.165, 1.54) is 0 Å². The molecular weight excluding hydrogens is 254 g/mol. The fourth-order valence-corrected chi connectivity index (χ4v) is 2.50. The number of nitriles is 1. The van der Waals surface area contributed by atoms with Gasteiger partial charge in [-0.1, -0.05) is 12.1 Å². The number of morpholine rings is 1. The molecule has 2 rings (SSSR count). The molecule has 0 bridgehead atoms. The second-order valence-electron chi connectivity index (χ2n) is 5.16. The maximum absolute atomic E-state index is 12.1. The number of amides is 1. The zero-order valence-electron chi connectivity index (χ0n) is 11.8. The smallest absolute Gasteiger partial charge is 0.238 e. The van der Waals surface area contributed by atoms with Gasteiger partial charge in [-0.2, -0.15) is 5.26 Å². The van der Waals surface area contributed by atoms with Crippen molar-refractivity contribution in [1.29, 1.82) is 5.26 Å². The summed E-state index contributed by atoms with van der Waals surface area (Å²) < 4.78 is 5.64. The number of para-hydroxylation sites is 1. The third kappa shape index (κ3) is 3.80. The summed E-state index contributed by atoms with van der Waals surface area (Å²) in [5.41, 5.74) is 1.04. The number of anilines is 1. The van der Waals surface area contributed by atoms with E-state index in [2.05, 4.69) is 16.3 Å². The van der Waals surface area contributed by atoms with Gasteiger partial charge in [-0.05, 0) is 26.0 Å². The second-order valence-corrected chi connectivity index (χ2v) is 5.16. The summed E-state index contributed by atoms with van der Waals surface area (Å²) in [5, 5.41) is 11.8. The van der Waals surface area contributed by atoms with Crippen molar-refractivity contribution in [3.63, 3.8) is 0 Å². The Bertz CT molecular complexity index is 514. The van der Waals surface area contributed by atoms with E-state index >= 15 is 0 Å². The minimum atomic E-state index is -0.103. The Hall–Kier alpha value is -1.90. The van der Waals surface area contributed by atoms with Gasteiger partial charge in [0.25, 0.3) is 0 Å². The lowest BCUT2D eigenvalue weighted by molar-refractivity contribution is -0.121. The summed E-state index contributed by atoms with van der Waals surface area (Å²) in [5.74, 6) is -0.103. The molecule has 0 saturated carbocycles. The van der Waals surface area contributed by atoms with Gasteiger partial charge in [0.1, 0.15) is 6.07 Å². The van der Waals surface area contributed by atoms with E-state index in [0.717, 1.165) is 13.1 Å². The molecule has 0 unspecified atom stereocenters. The Morgan fingerprint density at radius 3 is 2.70 bits per heavy atom. The van der Waals surface area contributed by atoms with E-state index < -0.39 is 0 Å². The zero-order valence-corrected chi connectivity index (χ0v) is 11.8. The number of nitrogens with one attached hydrogen (secondary N) is 1. The van der Waals surface area contributed by atoms with Crippen LogP contribution in [0.5, 0.6) is 0 Å². The number of hydrogen-bond acceptors (Lipinski definition) is 4. The monoisotopic (exact) mass is 273 g/mol. The number of rotatable bonds is 3. The van der Waals surface area contributed by atoms with Gasteiger partial charge in [0, 0.05) is 13.1 Å². The predicted octanol–water partition coefficient (Wildman–Crippen LogP) is 1.61. The number of carbonyl (C=O) groups excluding carboxylic acids is 1. The van der Waals surface area contributed by atoms with E-state index in [-0.39, 0.29) is 18.1 Å². The molecule has 1 aromatic carbocycles. The van der Waals surface area contributed by atoms with E-state index in [1.807, 2.05) is 13.8 Å². The Balaban J connectivity index is 1.94. The number of carbonyl (C=O) groups is 1. The third-order valence-electron chi connectivity index (χ3n) is 3.18. The maximum atomic E-state index is 12.1. The molecule has 0 aliphatic carbocycles. The highest BCUT2D eigenvalue weighted by atomic mass is 16.5. The highest BCUT2D eigenvalue weighted by molar-refractivity contribution is 5.93. The summed E-state index contributed by atoms with van der Waals surface area (Å²) in [6.07, 6.45) is 0.274. The first-order valence-electron chi connectivity index (χ1n) is 6.75. The Kier molecular flexibility index (Phi) is 4.72. The third-order valence-corrected chi connectivity index (χ3v) is 3.18. The molecule has 1 fully saturated rings. The summed E-state index contributed by atoms with van der Waals surface area (Å²) in [7, 11) is 0. The first-order chi connectivity index (χ1) is 9.58. The number of nitrogens with zero attached hydrogens (tertiary/aromatic N) is 2. The van der Waals surface area contributed by atoms with Crippen molar-refractivity contribution in [2.24, 2.45) is 0 Å². The molecule has 1 saturated heterocycles. The van der Waals surface area contributed by atoms with Crippen molar-refractivity contribution in [3.8, 4) is 6.07 Å². The molecule has 0 spiro atoms. The zero-order chi connectivity index (χ0) is 14.5. The van der Waals surface area contributed by atoms with E-state index in [4.69, 9.17) is 10.00 Å². The largest absolute Gasteiger partial charge is 0.373 e. The van der Waals surface area contributed by atoms with Crippen LogP contribution in [-0.4, -0.2) is 42.6 Å². The van der Waals surface area contributed by atoms with Crippen LogP contribution in [0.2, 0.25) is 0 Å². The molecule has 1 heterocycles. The molecule has 1 aliphatic rings. The lowest BCUT2D eigenvalue weighted by Gasteiger charge is -2.34. The minimum Gasteiger partial charge on any atom is -0.373 e. The van der Waals surface area contributed by atoms with Crippen LogP contribution < -0.4 is 5.32 Å². The summed E-state index contributed by atoms with van der Waals surface area (Å²) in [6.45, 7) is 5.82. The summed E-state index contributed by atoms with van der Waals surface area (Å²) in [6, 6.07) is 9.07. The van der Waals surface area contributed by atoms with Crippen LogP contribution in [0.3, 0.4) is 0 Å². The molecule has 2 atom stereocenters. The molecule has 0 radical (unpaired) electrons. The van der Waals surface area contributed by atoms with Crippen LogP contribution in [0, 0.1) is 11.3 Å². The van der Waals surface area contributed by atoms with E-state index in [0.29, 0.717) is 17.8 Å². The number of ether oxygens (including phenoxy) is 1. The van der Waals surface area contributed by atoms with Gasteiger partial charge < -0.3 is 10.1 Å². The normalized spacial score (nSPS) is 23.1. The average molecular weight is 273 g/mol. The molecule has 20 heavy (non-hydrogen) atoms. The van der Waals surface area contributed by atoms with Crippen LogP contribution in [0.4, 0.5) is 5.69 Å². The van der Waals surface area contributed by atoms with Gasteiger partial charge in [-0.3, -0.25) is 9.69 Å². The van der Waals surface area contributed by atoms with Gasteiger partial charge in [0.05, 0.1) is 30.0 Å². The minimum absolute atomic E-state index is 0.103. The lowest BCUT2D eigenvalue weighted by Crippen LogP contribution is -2.48. The SMILES string of the molecule is C[C@H]1CN(CC(=O)Nc2ccccc2C#N)C[C@H](C)O1. The topological polar surface area (TPSA) is 65.4 Å². The van der Waals surface area contributed by atoms with Crippen LogP contribution in [-0.2, 0) is 9.53 Å². The van der Waals surface area contributed by atoms with Crippen molar-refractivity contribution >= 4 is 11.6 Å². The van der Waals surface area contributed by atoms with Gasteiger partial charge in [-0.15, -0.1) is 0 Å². The fraction of sp³-hybridized carbons (Fsp3) is 0.467. The van der Waals surface area contributed by atoms with Crippen LogP contribution in [0.25, 0.3) is 0 Å². The molecule has 106 valence electrons. The number of benzene rings is 1. The first kappa shape index (κ1) is 14.5. The highest BCUT2D eigenvalue weighted by Gasteiger charge is 2.23. The highest BCUT2D eigenvalue weighted by Crippen LogP contribution is 2.14. The lowest BCUT2D eigenvalue weighted by atomic mass is 10.2. The Morgan fingerprint density at radius 2 is 2.05 bits per heavy atom. The fourth-order valence-electron chi connectivity index (χ4n) is 2.50. The van der Waals surface area contributed by atoms with Crippen LogP contribution in [0.15, 0.2) is 24.3 Å². The van der Waals surface area contributed by atoms with Crippen molar-refractivity contribution < 1.29 is 9.53 Å². The first-order valence-corrected chi connectivity index (χ1v) is 6.75. The molecule has 1 amide bonds. The molecule has 1 N–H and O–H groups in total. The van der Waals surface area contributed by atoms with Gasteiger partial charge in [-0.25, -0.2) is 0 Å². The molecule has 5 heteroatoms. The molecule has 1 aliphatic heterocycles. The molecule has 1 aromatic rings. The van der Waals surface area contributed by atoms with Crippen LogP contribution in [0.1, 0.15) is 19.4 Å². The Labute approximate surface area is 119 Å². The molecule has 0 aromatic heterocycles. The van der Waals surface area contributed by atoms with Crippen molar-refractivity contribution in [1.82, 2.24) is 4.90 Å². The standard InChI is InChI=1S/C15H19N3O2/c1-11-8-18(9-12(2)20-11)10-15(19)17-14-6-4-3-5-13(14)7-16/h3-6,11-12H,8-10H2,1-2H3,(H,17,19)/t11-,12-/m0/s1. The van der Waals surface area contributed by atoms with E-state index in [9.17, 15) is 4.79 Å². The van der Waals surface area contributed by atoms with Crippen molar-refractivity contribution in [3.05, 3.63) is 29.8 Å². The van der Waals surface area contributed by atoms with E-state index in [1.54, 1.807) is 24.3 Å². The van der Waals surface area contributed by atoms with Gasteiger partial charge in [0.15, 0.2) is 0 Å². The van der Waals surface area contributed by atoms with Crippen molar-refractivity contribution in [2.75, 3.05) is 25.0 Å². The summed E-state index contributed by atoms with van der Waals surface area (Å²) >= 11 is 0. The second kappa shape index (κ2) is 6.51. The average Bonchev–Trinajstić information content (AvgIpc) is 2.37. The van der Waals surface area contributed by atoms with Crippen molar-refractivity contribution in [2.45, 2.75) is 26.1 Å². The quantitative estimate of drug-likeness (QED) is 0.908. The molecule has 5 nitrogen and oxygen atoms in total. The Morgan fingerprint density at radius 1 is 1.40 bits per heavy atom. The summed E-state index contributed by atoms with van der Waals surface area (Å²) in [4.78, 5) is 14.1. The van der Waals surface area contributed by atoms with Gasteiger partial charge in [0.2, 0.25) is 5.91 Å². The number of hydrogen-bond donors (Lipinski definition) is 1. The maximum Gasteiger partial charge on any atom is 0.238 e. The molecular formula is C15H19N3O2. The predicted molar refractivity (Wildman–Crippen MR) is 76.2 cm³/mol.